The number of nitrogen functional groups attached to an aromatic ring is 1. The van der Waals surface area contributed by atoms with Crippen LogP contribution in [0.1, 0.15) is 53.8 Å². The van der Waals surface area contributed by atoms with Crippen molar-refractivity contribution in [1.82, 2.24) is 35.6 Å². The summed E-state index contributed by atoms with van der Waals surface area (Å²) in [4.78, 5) is 15.3. The topological polar surface area (TPSA) is 140 Å². The number of anilines is 1. The van der Waals surface area contributed by atoms with Gasteiger partial charge in [-0.1, -0.05) is 47.7 Å². The second-order valence-corrected chi connectivity index (χ2v) is 9.44. The van der Waals surface area contributed by atoms with Crippen molar-refractivity contribution in [3.05, 3.63) is 59.4 Å². The van der Waals surface area contributed by atoms with Crippen LogP contribution in [0.4, 0.5) is 5.82 Å². The lowest BCUT2D eigenvalue weighted by molar-refractivity contribution is 0.0946. The van der Waals surface area contributed by atoms with Gasteiger partial charge in [0.1, 0.15) is 0 Å². The lowest BCUT2D eigenvalue weighted by Gasteiger charge is -2.32. The van der Waals surface area contributed by atoms with Crippen LogP contribution in [-0.4, -0.2) is 55.4 Å². The largest absolute Gasteiger partial charge is 0.378 e. The number of piperidine rings is 1. The van der Waals surface area contributed by atoms with Crippen LogP contribution in [0.2, 0.25) is 0 Å². The number of allylic oxidation sites excluding steroid dienone is 2. The van der Waals surface area contributed by atoms with Crippen LogP contribution in [0, 0.1) is 11.8 Å². The Morgan fingerprint density at radius 3 is 2.72 bits per heavy atom. The molecule has 188 valence electrons. The van der Waals surface area contributed by atoms with E-state index in [1.54, 1.807) is 6.21 Å². The lowest BCUT2D eigenvalue weighted by atomic mass is 9.90. The molecule has 11 heteroatoms. The van der Waals surface area contributed by atoms with Crippen molar-refractivity contribution in [3.8, 4) is 5.82 Å². The number of aromatic nitrogens is 5. The number of nitrogens with one attached hydrogen (secondary N) is 1. The number of benzene rings is 1. The predicted molar refractivity (Wildman–Crippen MR) is 134 cm³/mol. The van der Waals surface area contributed by atoms with E-state index >= 15 is 0 Å². The number of hydrogen-bond acceptors (Lipinski definition) is 9. The van der Waals surface area contributed by atoms with Crippen molar-refractivity contribution in [2.75, 3.05) is 18.8 Å². The Balaban J connectivity index is 1.27. The first-order valence-electron chi connectivity index (χ1n) is 12.4. The van der Waals surface area contributed by atoms with E-state index in [1.807, 2.05) is 6.07 Å². The fraction of sp³-hybridized carbons (Fsp3) is 0.440. The fourth-order valence-corrected chi connectivity index (χ4v) is 4.84. The van der Waals surface area contributed by atoms with Gasteiger partial charge in [-0.3, -0.25) is 9.69 Å². The van der Waals surface area contributed by atoms with Crippen molar-refractivity contribution >= 4 is 17.9 Å². The van der Waals surface area contributed by atoms with Gasteiger partial charge in [0, 0.05) is 12.8 Å². The Bertz CT molecular complexity index is 1210. The highest BCUT2D eigenvalue weighted by molar-refractivity contribution is 5.93. The third kappa shape index (κ3) is 5.68. The number of nitrogens with two attached hydrogens (primary N) is 1. The molecule has 0 spiro atoms. The molecule has 0 radical (unpaired) electrons. The first-order chi connectivity index (χ1) is 17.7. The molecule has 1 fully saturated rings. The Labute approximate surface area is 209 Å². The smallest absolute Gasteiger partial charge is 0.293 e. The quantitative estimate of drug-likeness (QED) is 0.280. The summed E-state index contributed by atoms with van der Waals surface area (Å²) < 4.78 is 6.20. The number of carbonyl (C=O) groups is 1. The molecule has 3 aromatic rings. The SMILES string of the molecule is Nc1nonc1-n1nnc(C(=O)NN=CC2CC=CCC2)c1CN1CCC(Cc2ccccc2)CC1. The molecular formula is C25H31N9O2. The zero-order valence-corrected chi connectivity index (χ0v) is 20.2. The van der Waals surface area contributed by atoms with E-state index in [0.29, 0.717) is 24.1 Å². The van der Waals surface area contributed by atoms with Crippen molar-refractivity contribution in [2.24, 2.45) is 16.9 Å². The number of rotatable bonds is 8. The van der Waals surface area contributed by atoms with Crippen LogP contribution >= 0.6 is 0 Å². The van der Waals surface area contributed by atoms with Crippen LogP contribution in [0.5, 0.6) is 0 Å². The maximum Gasteiger partial charge on any atom is 0.293 e. The van der Waals surface area contributed by atoms with Crippen LogP contribution in [-0.2, 0) is 13.0 Å². The summed E-state index contributed by atoms with van der Waals surface area (Å²) in [6.07, 6.45) is 12.3. The normalized spacial score (nSPS) is 19.2. The molecule has 0 saturated carbocycles. The van der Waals surface area contributed by atoms with Crippen molar-refractivity contribution in [1.29, 1.82) is 0 Å². The zero-order valence-electron chi connectivity index (χ0n) is 20.2. The van der Waals surface area contributed by atoms with Gasteiger partial charge in [-0.05, 0) is 79.3 Å². The summed E-state index contributed by atoms with van der Waals surface area (Å²) in [5.41, 5.74) is 10.7. The maximum atomic E-state index is 13.0. The first kappa shape index (κ1) is 23.9. The maximum absolute atomic E-state index is 13.0. The van der Waals surface area contributed by atoms with E-state index in [9.17, 15) is 4.79 Å². The fourth-order valence-electron chi connectivity index (χ4n) is 4.84. The molecule has 1 aromatic carbocycles. The van der Waals surface area contributed by atoms with E-state index < -0.39 is 5.91 Å². The molecule has 11 nitrogen and oxygen atoms in total. The lowest BCUT2D eigenvalue weighted by Crippen LogP contribution is -2.35. The van der Waals surface area contributed by atoms with Gasteiger partial charge in [-0.15, -0.1) is 5.10 Å². The van der Waals surface area contributed by atoms with Crippen LogP contribution in [0.3, 0.4) is 0 Å². The molecule has 5 rings (SSSR count). The summed E-state index contributed by atoms with van der Waals surface area (Å²) in [7, 11) is 0. The highest BCUT2D eigenvalue weighted by Gasteiger charge is 2.27. The molecular weight excluding hydrogens is 458 g/mol. The molecule has 3 heterocycles. The van der Waals surface area contributed by atoms with E-state index in [2.05, 4.69) is 72.5 Å². The number of hydrogen-bond donors (Lipinski definition) is 2. The van der Waals surface area contributed by atoms with Gasteiger partial charge in [0.15, 0.2) is 5.69 Å². The minimum absolute atomic E-state index is 0.0815. The number of carbonyl (C=O) groups excluding carboxylic acids is 1. The molecule has 1 atom stereocenters. The Morgan fingerprint density at radius 1 is 1.17 bits per heavy atom. The number of amides is 1. The number of likely N-dealkylation sites (tertiary alicyclic amines) is 1. The highest BCUT2D eigenvalue weighted by Crippen LogP contribution is 2.24. The second kappa shape index (κ2) is 11.3. The van der Waals surface area contributed by atoms with Gasteiger partial charge in [0.2, 0.25) is 11.6 Å². The van der Waals surface area contributed by atoms with Gasteiger partial charge in [0.05, 0.1) is 5.69 Å². The summed E-state index contributed by atoms with van der Waals surface area (Å²) in [5, 5.41) is 20.0. The van der Waals surface area contributed by atoms with Crippen molar-refractivity contribution < 1.29 is 9.42 Å². The molecule has 3 N–H and O–H groups in total. The minimum atomic E-state index is -0.423. The Kier molecular flexibility index (Phi) is 7.46. The molecule has 2 aliphatic rings. The molecule has 1 amide bonds. The summed E-state index contributed by atoms with van der Waals surface area (Å²) in [6, 6.07) is 10.6. The third-order valence-corrected chi connectivity index (χ3v) is 6.88. The van der Waals surface area contributed by atoms with Crippen molar-refractivity contribution in [3.63, 3.8) is 0 Å². The second-order valence-electron chi connectivity index (χ2n) is 9.44. The van der Waals surface area contributed by atoms with Gasteiger partial charge in [0.25, 0.3) is 5.91 Å². The molecule has 1 unspecified atom stereocenters. The molecule has 36 heavy (non-hydrogen) atoms. The molecule has 1 saturated heterocycles. The van der Waals surface area contributed by atoms with Crippen molar-refractivity contribution in [2.45, 2.75) is 45.1 Å². The highest BCUT2D eigenvalue weighted by atomic mass is 16.6. The first-order valence-corrected chi connectivity index (χ1v) is 12.4. The van der Waals surface area contributed by atoms with Crippen LogP contribution in [0.15, 0.2) is 52.2 Å². The molecule has 1 aliphatic heterocycles. The summed E-state index contributed by atoms with van der Waals surface area (Å²) in [6.45, 7) is 2.28. The average Bonchev–Trinajstić information content (AvgIpc) is 3.52. The van der Waals surface area contributed by atoms with Gasteiger partial charge in [-0.2, -0.15) is 9.78 Å². The average molecular weight is 490 g/mol. The molecule has 0 bridgehead atoms. The predicted octanol–water partition coefficient (Wildman–Crippen LogP) is 2.76. The summed E-state index contributed by atoms with van der Waals surface area (Å²) >= 11 is 0. The van der Waals surface area contributed by atoms with Crippen LogP contribution < -0.4 is 11.2 Å². The molecule has 1 aliphatic carbocycles. The van der Waals surface area contributed by atoms with E-state index in [-0.39, 0.29) is 17.3 Å². The zero-order chi connectivity index (χ0) is 24.7. The van der Waals surface area contributed by atoms with Gasteiger partial charge in [-0.25, -0.2) is 10.1 Å². The number of hydrazone groups is 1. The Hall–Kier alpha value is -3.86. The van der Waals surface area contributed by atoms with E-state index in [0.717, 1.165) is 51.6 Å². The standard InChI is InChI=1S/C25H31N9O2/c26-23-24(31-36-30-23)34-21(17-33-13-11-19(12-14-33)15-18-7-3-1-4-8-18)22(28-32-34)25(35)29-27-16-20-9-5-2-6-10-20/h1-5,7-8,16,19-20H,6,9-15,17H2,(H2,26,30)(H,29,35). The Morgan fingerprint density at radius 2 is 2.00 bits per heavy atom. The van der Waals surface area contributed by atoms with E-state index in [1.165, 1.54) is 10.2 Å². The summed E-state index contributed by atoms with van der Waals surface area (Å²) in [5.74, 6) is 0.830. The third-order valence-electron chi connectivity index (χ3n) is 6.88. The minimum Gasteiger partial charge on any atom is -0.378 e. The monoisotopic (exact) mass is 489 g/mol. The van der Waals surface area contributed by atoms with Crippen LogP contribution in [0.25, 0.3) is 5.82 Å². The number of nitrogens with zero attached hydrogens (tertiary/aromatic N) is 7. The van der Waals surface area contributed by atoms with E-state index in [4.69, 9.17) is 10.4 Å². The van der Waals surface area contributed by atoms with Gasteiger partial charge >= 0.3 is 0 Å². The van der Waals surface area contributed by atoms with Gasteiger partial charge < -0.3 is 5.73 Å². The molecule has 2 aromatic heterocycles.